The summed E-state index contributed by atoms with van der Waals surface area (Å²) in [5.74, 6) is 1.01. The van der Waals surface area contributed by atoms with E-state index in [1.807, 2.05) is 38.1 Å². The van der Waals surface area contributed by atoms with Crippen molar-refractivity contribution < 1.29 is 4.79 Å². The van der Waals surface area contributed by atoms with E-state index >= 15 is 0 Å². The van der Waals surface area contributed by atoms with E-state index in [2.05, 4.69) is 23.8 Å². The van der Waals surface area contributed by atoms with Crippen LogP contribution in [-0.4, -0.2) is 30.0 Å². The molecule has 5 heteroatoms. The summed E-state index contributed by atoms with van der Waals surface area (Å²) in [6.07, 6.45) is 2.98. The molecule has 0 heterocycles. The highest BCUT2D eigenvalue weighted by molar-refractivity contribution is 7.98. The summed E-state index contributed by atoms with van der Waals surface area (Å²) in [4.78, 5) is 12.3. The van der Waals surface area contributed by atoms with Crippen molar-refractivity contribution in [2.75, 3.05) is 23.9 Å². The highest BCUT2D eigenvalue weighted by atomic mass is 35.5. The molecule has 1 amide bonds. The molecule has 0 aromatic heterocycles. The van der Waals surface area contributed by atoms with Crippen molar-refractivity contribution >= 4 is 35.8 Å². The minimum absolute atomic E-state index is 0. The molecule has 0 saturated carbocycles. The monoisotopic (exact) mass is 316 g/mol. The highest BCUT2D eigenvalue weighted by Gasteiger charge is 2.26. The van der Waals surface area contributed by atoms with Crippen LogP contribution in [0.15, 0.2) is 24.3 Å². The maximum Gasteiger partial charge on any atom is 0.244 e. The number of thioether (sulfide) groups is 1. The molecule has 1 rings (SSSR count). The number of amides is 1. The van der Waals surface area contributed by atoms with Crippen LogP contribution in [0.4, 0.5) is 5.69 Å². The first-order chi connectivity index (χ1) is 9.01. The van der Waals surface area contributed by atoms with E-state index in [1.54, 1.807) is 11.8 Å². The van der Waals surface area contributed by atoms with Crippen molar-refractivity contribution in [2.45, 2.75) is 32.7 Å². The molecule has 0 atom stereocenters. The molecule has 0 spiro atoms. The fourth-order valence-corrected chi connectivity index (χ4v) is 2.08. The zero-order valence-corrected chi connectivity index (χ0v) is 14.3. The summed E-state index contributed by atoms with van der Waals surface area (Å²) in [6.45, 7) is 6.75. The smallest absolute Gasteiger partial charge is 0.244 e. The number of carbonyl (C=O) groups is 1. The zero-order chi connectivity index (χ0) is 14.3. The number of para-hydroxylation sites is 1. The van der Waals surface area contributed by atoms with Gasteiger partial charge in [0.25, 0.3) is 0 Å². The largest absolute Gasteiger partial charge is 0.324 e. The normalized spacial score (nSPS) is 10.8. The van der Waals surface area contributed by atoms with Gasteiger partial charge in [-0.05, 0) is 38.2 Å². The van der Waals surface area contributed by atoms with Crippen LogP contribution in [0.5, 0.6) is 0 Å². The minimum Gasteiger partial charge on any atom is -0.324 e. The van der Waals surface area contributed by atoms with Crippen molar-refractivity contribution in [3.63, 3.8) is 0 Å². The fourth-order valence-electron chi connectivity index (χ4n) is 1.77. The highest BCUT2D eigenvalue weighted by Crippen LogP contribution is 2.17. The molecular formula is C15H25ClN2OS. The Balaban J connectivity index is 0.00000361. The van der Waals surface area contributed by atoms with Gasteiger partial charge in [0.1, 0.15) is 0 Å². The van der Waals surface area contributed by atoms with Crippen molar-refractivity contribution in [1.29, 1.82) is 0 Å². The lowest BCUT2D eigenvalue weighted by atomic mass is 10.0. The Morgan fingerprint density at radius 3 is 2.55 bits per heavy atom. The van der Waals surface area contributed by atoms with E-state index in [9.17, 15) is 4.79 Å². The molecule has 0 unspecified atom stereocenters. The number of aryl methyl sites for hydroxylation is 1. The van der Waals surface area contributed by atoms with Crippen LogP contribution in [0.1, 0.15) is 26.3 Å². The van der Waals surface area contributed by atoms with Gasteiger partial charge in [-0.25, -0.2) is 0 Å². The van der Waals surface area contributed by atoms with E-state index in [0.717, 1.165) is 30.0 Å². The molecular weight excluding hydrogens is 292 g/mol. The Morgan fingerprint density at radius 2 is 1.95 bits per heavy atom. The number of benzene rings is 1. The molecule has 0 aliphatic heterocycles. The summed E-state index contributed by atoms with van der Waals surface area (Å²) < 4.78 is 0. The number of carbonyl (C=O) groups excluding carboxylic acids is 1. The average Bonchev–Trinajstić information content (AvgIpc) is 2.39. The second-order valence-corrected chi connectivity index (χ2v) is 5.99. The van der Waals surface area contributed by atoms with Crippen LogP contribution >= 0.6 is 24.2 Å². The molecule has 0 aliphatic rings. The quantitative estimate of drug-likeness (QED) is 0.758. The van der Waals surface area contributed by atoms with E-state index in [4.69, 9.17) is 0 Å². The molecule has 2 N–H and O–H groups in total. The molecule has 0 bridgehead atoms. The van der Waals surface area contributed by atoms with Gasteiger partial charge in [-0.2, -0.15) is 11.8 Å². The second kappa shape index (κ2) is 9.27. The molecule has 1 aromatic carbocycles. The van der Waals surface area contributed by atoms with Crippen molar-refractivity contribution in [1.82, 2.24) is 5.32 Å². The average molecular weight is 317 g/mol. The van der Waals surface area contributed by atoms with Gasteiger partial charge in [-0.15, -0.1) is 12.4 Å². The SMILES string of the molecule is CCc1ccccc1NC(=O)C(C)(C)NCCSC.Cl. The number of nitrogens with one attached hydrogen (secondary N) is 2. The lowest BCUT2D eigenvalue weighted by molar-refractivity contribution is -0.121. The zero-order valence-electron chi connectivity index (χ0n) is 12.7. The topological polar surface area (TPSA) is 41.1 Å². The van der Waals surface area contributed by atoms with Gasteiger partial charge in [0, 0.05) is 18.0 Å². The van der Waals surface area contributed by atoms with E-state index < -0.39 is 5.54 Å². The Kier molecular flexibility index (Phi) is 8.94. The van der Waals surface area contributed by atoms with Gasteiger partial charge >= 0.3 is 0 Å². The number of hydrogen-bond acceptors (Lipinski definition) is 3. The molecule has 114 valence electrons. The standard InChI is InChI=1S/C15H24N2OS.ClH/c1-5-12-8-6-7-9-13(12)17-14(18)15(2,3)16-10-11-19-4;/h6-9,16H,5,10-11H2,1-4H3,(H,17,18);1H. The van der Waals surface area contributed by atoms with Crippen molar-refractivity contribution in [3.8, 4) is 0 Å². The molecule has 0 saturated heterocycles. The molecule has 0 fully saturated rings. The fraction of sp³-hybridized carbons (Fsp3) is 0.533. The summed E-state index contributed by atoms with van der Waals surface area (Å²) >= 11 is 1.77. The van der Waals surface area contributed by atoms with Gasteiger partial charge in [0.2, 0.25) is 5.91 Å². The van der Waals surface area contributed by atoms with Gasteiger partial charge < -0.3 is 10.6 Å². The van der Waals surface area contributed by atoms with Crippen LogP contribution < -0.4 is 10.6 Å². The maximum absolute atomic E-state index is 12.3. The lowest BCUT2D eigenvalue weighted by Gasteiger charge is -2.25. The number of anilines is 1. The van der Waals surface area contributed by atoms with Gasteiger partial charge in [0.05, 0.1) is 5.54 Å². The van der Waals surface area contributed by atoms with Crippen LogP contribution in [0.3, 0.4) is 0 Å². The summed E-state index contributed by atoms with van der Waals surface area (Å²) in [7, 11) is 0. The van der Waals surface area contributed by atoms with E-state index in [0.29, 0.717) is 0 Å². The summed E-state index contributed by atoms with van der Waals surface area (Å²) in [5, 5.41) is 6.30. The van der Waals surface area contributed by atoms with Crippen molar-refractivity contribution in [2.24, 2.45) is 0 Å². The van der Waals surface area contributed by atoms with Crippen LogP contribution in [0.25, 0.3) is 0 Å². The minimum atomic E-state index is -0.559. The molecule has 0 radical (unpaired) electrons. The van der Waals surface area contributed by atoms with Crippen LogP contribution in [0, 0.1) is 0 Å². The number of rotatable bonds is 7. The Bertz CT molecular complexity index is 424. The first-order valence-electron chi connectivity index (χ1n) is 6.64. The predicted molar refractivity (Wildman–Crippen MR) is 92.2 cm³/mol. The van der Waals surface area contributed by atoms with Crippen LogP contribution in [0.2, 0.25) is 0 Å². The maximum atomic E-state index is 12.3. The Morgan fingerprint density at radius 1 is 1.30 bits per heavy atom. The van der Waals surface area contributed by atoms with Crippen LogP contribution in [-0.2, 0) is 11.2 Å². The van der Waals surface area contributed by atoms with Gasteiger partial charge in [-0.1, -0.05) is 25.1 Å². The molecule has 0 aliphatic carbocycles. The Labute approximate surface area is 132 Å². The lowest BCUT2D eigenvalue weighted by Crippen LogP contribution is -2.50. The van der Waals surface area contributed by atoms with Gasteiger partial charge in [-0.3, -0.25) is 4.79 Å². The molecule has 20 heavy (non-hydrogen) atoms. The van der Waals surface area contributed by atoms with Crippen molar-refractivity contribution in [3.05, 3.63) is 29.8 Å². The third-order valence-electron chi connectivity index (χ3n) is 3.09. The van der Waals surface area contributed by atoms with Gasteiger partial charge in [0.15, 0.2) is 0 Å². The van der Waals surface area contributed by atoms with E-state index in [-0.39, 0.29) is 18.3 Å². The predicted octanol–water partition coefficient (Wildman–Crippen LogP) is 3.34. The van der Waals surface area contributed by atoms with E-state index in [1.165, 1.54) is 0 Å². The Hall–Kier alpha value is -0.710. The summed E-state index contributed by atoms with van der Waals surface area (Å²) in [5.41, 5.74) is 1.52. The molecule has 3 nitrogen and oxygen atoms in total. The first-order valence-corrected chi connectivity index (χ1v) is 8.04. The second-order valence-electron chi connectivity index (χ2n) is 5.01. The first kappa shape index (κ1) is 19.3. The summed E-state index contributed by atoms with van der Waals surface area (Å²) in [6, 6.07) is 7.94. The third-order valence-corrected chi connectivity index (χ3v) is 3.70. The third kappa shape index (κ3) is 5.73. The molecule has 1 aromatic rings. The number of hydrogen-bond donors (Lipinski definition) is 2. The number of halogens is 1.